The summed E-state index contributed by atoms with van der Waals surface area (Å²) < 4.78 is 4.99. The summed E-state index contributed by atoms with van der Waals surface area (Å²) in [6.45, 7) is 5.32. The molecule has 1 saturated heterocycles. The second-order valence-electron chi connectivity index (χ2n) is 10.8. The Bertz CT molecular complexity index is 1470. The summed E-state index contributed by atoms with van der Waals surface area (Å²) in [6.07, 6.45) is 1.73. The van der Waals surface area contributed by atoms with E-state index in [1.807, 2.05) is 91.9 Å². The van der Waals surface area contributed by atoms with Crippen LogP contribution in [0.1, 0.15) is 29.2 Å². The summed E-state index contributed by atoms with van der Waals surface area (Å²) in [6, 6.07) is 38.5. The fourth-order valence-corrected chi connectivity index (χ4v) is 6.00. The van der Waals surface area contributed by atoms with E-state index in [-0.39, 0.29) is 31.5 Å². The van der Waals surface area contributed by atoms with E-state index in [9.17, 15) is 14.4 Å². The minimum atomic E-state index is -0.897. The van der Waals surface area contributed by atoms with Gasteiger partial charge in [0.15, 0.2) is 0 Å². The molecule has 1 aliphatic rings. The van der Waals surface area contributed by atoms with E-state index in [1.54, 1.807) is 0 Å². The van der Waals surface area contributed by atoms with Crippen molar-refractivity contribution in [1.82, 2.24) is 15.5 Å². The summed E-state index contributed by atoms with van der Waals surface area (Å²) in [4.78, 5) is 41.7. The SMILES string of the molecule is C=CCOC(=O)CNC(=O)[C@H](Cc1ccccc1)NC(=O)[C@@H]1[C@H](C)N1C(c1ccccc1)(c1ccccc1)c1ccccc1. The molecule has 2 amide bonds. The van der Waals surface area contributed by atoms with Crippen LogP contribution in [0.2, 0.25) is 0 Å². The third kappa shape index (κ3) is 6.48. The molecule has 4 aromatic carbocycles. The van der Waals surface area contributed by atoms with E-state index < -0.39 is 29.5 Å². The van der Waals surface area contributed by atoms with Gasteiger partial charge in [-0.1, -0.05) is 134 Å². The molecule has 5 rings (SSSR count). The number of nitrogens with one attached hydrogen (secondary N) is 2. The average Bonchev–Trinajstić information content (AvgIpc) is 3.75. The number of hydrogen-bond donors (Lipinski definition) is 2. The first kappa shape index (κ1) is 30.4. The predicted molar refractivity (Wildman–Crippen MR) is 171 cm³/mol. The molecule has 1 fully saturated rings. The first-order valence-corrected chi connectivity index (χ1v) is 14.8. The molecule has 0 saturated carbocycles. The number of esters is 1. The van der Waals surface area contributed by atoms with Crippen LogP contribution in [0.5, 0.6) is 0 Å². The molecule has 1 aliphatic heterocycles. The van der Waals surface area contributed by atoms with E-state index in [0.717, 1.165) is 22.3 Å². The predicted octanol–water partition coefficient (Wildman–Crippen LogP) is 4.62. The van der Waals surface area contributed by atoms with Gasteiger partial charge in [-0.3, -0.25) is 19.3 Å². The van der Waals surface area contributed by atoms with E-state index in [1.165, 1.54) is 6.08 Å². The number of amides is 2. The second kappa shape index (κ2) is 14.0. The number of carbonyl (C=O) groups excluding carboxylic acids is 3. The Labute approximate surface area is 258 Å². The molecule has 0 spiro atoms. The standard InChI is InChI=1S/C37H37N3O4/c1-3-24-44-33(41)26-38-35(42)32(25-28-16-8-4-9-17-28)39-36(43)34-27(2)40(34)37(29-18-10-5-11-19-29,30-20-12-6-13-21-30)31-22-14-7-15-23-31/h3-23,27,32,34H,1,24-26H2,2H3,(H,38,42)(H,39,43)/t27-,32-,34-,40?/m0/s1. The maximum atomic E-state index is 14.1. The summed E-state index contributed by atoms with van der Waals surface area (Å²) in [5.41, 5.74) is 3.25. The van der Waals surface area contributed by atoms with Crippen molar-refractivity contribution in [1.29, 1.82) is 0 Å². The van der Waals surface area contributed by atoms with Crippen molar-refractivity contribution >= 4 is 17.8 Å². The van der Waals surface area contributed by atoms with Gasteiger partial charge in [0.1, 0.15) is 25.2 Å². The van der Waals surface area contributed by atoms with Gasteiger partial charge in [-0.15, -0.1) is 0 Å². The molecule has 0 aromatic heterocycles. The maximum absolute atomic E-state index is 14.1. The molecule has 2 N–H and O–H groups in total. The van der Waals surface area contributed by atoms with Crippen molar-refractivity contribution in [2.75, 3.05) is 13.2 Å². The molecular formula is C37H37N3O4. The van der Waals surface area contributed by atoms with Crippen molar-refractivity contribution in [3.8, 4) is 0 Å². The summed E-state index contributed by atoms with van der Waals surface area (Å²) in [5, 5.41) is 5.65. The van der Waals surface area contributed by atoms with E-state index >= 15 is 0 Å². The molecule has 0 radical (unpaired) electrons. The second-order valence-corrected chi connectivity index (χ2v) is 10.8. The van der Waals surface area contributed by atoms with Crippen molar-refractivity contribution in [2.24, 2.45) is 0 Å². The van der Waals surface area contributed by atoms with Gasteiger partial charge in [-0.25, -0.2) is 0 Å². The van der Waals surface area contributed by atoms with Gasteiger partial charge < -0.3 is 15.4 Å². The molecule has 44 heavy (non-hydrogen) atoms. The minimum absolute atomic E-state index is 0.0558. The lowest BCUT2D eigenvalue weighted by atomic mass is 9.76. The van der Waals surface area contributed by atoms with Crippen LogP contribution >= 0.6 is 0 Å². The van der Waals surface area contributed by atoms with Crippen LogP contribution in [-0.4, -0.2) is 54.0 Å². The van der Waals surface area contributed by atoms with Crippen LogP contribution in [0.25, 0.3) is 0 Å². The Balaban J connectivity index is 1.46. The van der Waals surface area contributed by atoms with Crippen LogP contribution in [0.4, 0.5) is 0 Å². The van der Waals surface area contributed by atoms with Gasteiger partial charge in [0.05, 0.1) is 5.54 Å². The van der Waals surface area contributed by atoms with Crippen LogP contribution in [0, 0.1) is 0 Å². The molecule has 1 heterocycles. The number of rotatable bonds is 13. The van der Waals surface area contributed by atoms with Crippen LogP contribution in [0.15, 0.2) is 134 Å². The van der Waals surface area contributed by atoms with Gasteiger partial charge >= 0.3 is 5.97 Å². The molecule has 7 nitrogen and oxygen atoms in total. The smallest absolute Gasteiger partial charge is 0.325 e. The minimum Gasteiger partial charge on any atom is -0.460 e. The fraction of sp³-hybridized carbons (Fsp3) is 0.216. The van der Waals surface area contributed by atoms with Crippen molar-refractivity contribution in [2.45, 2.75) is 37.0 Å². The molecule has 7 heteroatoms. The van der Waals surface area contributed by atoms with Gasteiger partial charge in [0.2, 0.25) is 11.8 Å². The quantitative estimate of drug-likeness (QED) is 0.103. The Morgan fingerprint density at radius 2 is 1.30 bits per heavy atom. The molecule has 1 unspecified atom stereocenters. The molecule has 0 bridgehead atoms. The van der Waals surface area contributed by atoms with Crippen molar-refractivity contribution in [3.63, 3.8) is 0 Å². The van der Waals surface area contributed by atoms with Crippen LogP contribution in [-0.2, 0) is 31.1 Å². The van der Waals surface area contributed by atoms with Crippen molar-refractivity contribution < 1.29 is 19.1 Å². The van der Waals surface area contributed by atoms with Crippen LogP contribution < -0.4 is 10.6 Å². The third-order valence-electron chi connectivity index (χ3n) is 8.02. The Morgan fingerprint density at radius 3 is 1.77 bits per heavy atom. The Morgan fingerprint density at radius 1 is 0.818 bits per heavy atom. The molecule has 4 aromatic rings. The molecule has 4 atom stereocenters. The number of hydrogen-bond acceptors (Lipinski definition) is 5. The highest BCUT2D eigenvalue weighted by Crippen LogP contribution is 2.51. The van der Waals surface area contributed by atoms with E-state index in [2.05, 4.69) is 58.5 Å². The van der Waals surface area contributed by atoms with Crippen molar-refractivity contribution in [3.05, 3.63) is 156 Å². The molecule has 0 aliphatic carbocycles. The average molecular weight is 588 g/mol. The van der Waals surface area contributed by atoms with E-state index in [0.29, 0.717) is 0 Å². The molecule has 224 valence electrons. The largest absolute Gasteiger partial charge is 0.460 e. The summed E-state index contributed by atoms with van der Waals surface area (Å²) in [7, 11) is 0. The van der Waals surface area contributed by atoms with Gasteiger partial charge in [-0.2, -0.15) is 0 Å². The van der Waals surface area contributed by atoms with Crippen LogP contribution in [0.3, 0.4) is 0 Å². The lowest BCUT2D eigenvalue weighted by molar-refractivity contribution is -0.143. The highest BCUT2D eigenvalue weighted by atomic mass is 16.5. The van der Waals surface area contributed by atoms with Gasteiger partial charge in [-0.05, 0) is 29.2 Å². The zero-order chi connectivity index (χ0) is 30.9. The lowest BCUT2D eigenvalue weighted by Gasteiger charge is -2.38. The number of ether oxygens (including phenoxy) is 1. The summed E-state index contributed by atoms with van der Waals surface area (Å²) in [5.74, 6) is -1.29. The monoisotopic (exact) mass is 587 g/mol. The highest BCUT2D eigenvalue weighted by Gasteiger charge is 2.61. The zero-order valence-corrected chi connectivity index (χ0v) is 24.8. The van der Waals surface area contributed by atoms with E-state index in [4.69, 9.17) is 4.74 Å². The fourth-order valence-electron chi connectivity index (χ4n) is 6.00. The Kier molecular flexibility index (Phi) is 9.67. The number of benzene rings is 4. The first-order valence-electron chi connectivity index (χ1n) is 14.8. The topological polar surface area (TPSA) is 87.5 Å². The highest BCUT2D eigenvalue weighted by molar-refractivity contribution is 5.93. The summed E-state index contributed by atoms with van der Waals surface area (Å²) >= 11 is 0. The molecular weight excluding hydrogens is 550 g/mol. The third-order valence-corrected chi connectivity index (χ3v) is 8.02. The Hall–Kier alpha value is -5.01. The first-order chi connectivity index (χ1) is 21.5. The zero-order valence-electron chi connectivity index (χ0n) is 24.8. The van der Waals surface area contributed by atoms with Gasteiger partial charge in [0.25, 0.3) is 0 Å². The number of carbonyl (C=O) groups is 3. The normalized spacial score (nSPS) is 18.0. The van der Waals surface area contributed by atoms with Gasteiger partial charge in [0, 0.05) is 12.5 Å². The maximum Gasteiger partial charge on any atom is 0.325 e. The lowest BCUT2D eigenvalue weighted by Crippen LogP contribution is -2.51. The number of nitrogens with zero attached hydrogens (tertiary/aromatic N) is 1.